The minimum absolute atomic E-state index is 0.0263. The smallest absolute Gasteiger partial charge is 0.416 e. The van der Waals surface area contributed by atoms with Crippen LogP contribution in [0.5, 0.6) is 0 Å². The van der Waals surface area contributed by atoms with Gasteiger partial charge in [-0.2, -0.15) is 26.3 Å². The Kier molecular flexibility index (Phi) is 9.92. The highest BCUT2D eigenvalue weighted by Gasteiger charge is 2.45. The molecule has 0 saturated carbocycles. The van der Waals surface area contributed by atoms with Crippen LogP contribution in [0.4, 0.5) is 31.1 Å². The summed E-state index contributed by atoms with van der Waals surface area (Å²) < 4.78 is 87.7. The summed E-state index contributed by atoms with van der Waals surface area (Å²) in [6.45, 7) is 2.37. The van der Waals surface area contributed by atoms with Gasteiger partial charge in [-0.15, -0.1) is 0 Å². The molecule has 262 valence electrons. The highest BCUT2D eigenvalue weighted by molar-refractivity contribution is 6.31. The zero-order valence-corrected chi connectivity index (χ0v) is 27.3. The van der Waals surface area contributed by atoms with Crippen molar-refractivity contribution in [2.75, 3.05) is 26.2 Å². The second kappa shape index (κ2) is 13.9. The maximum Gasteiger partial charge on any atom is 0.416 e. The zero-order chi connectivity index (χ0) is 35.0. The Morgan fingerprint density at radius 1 is 0.837 bits per heavy atom. The fourth-order valence-electron chi connectivity index (χ4n) is 7.31. The van der Waals surface area contributed by atoms with Crippen molar-refractivity contribution in [1.82, 2.24) is 14.7 Å². The van der Waals surface area contributed by atoms with Gasteiger partial charge in [-0.25, -0.2) is 4.79 Å². The molecule has 0 bridgehead atoms. The predicted molar refractivity (Wildman–Crippen MR) is 171 cm³/mol. The average molecular weight is 708 g/mol. The molecule has 3 fully saturated rings. The lowest BCUT2D eigenvalue weighted by Gasteiger charge is -2.49. The molecule has 0 radical (unpaired) electrons. The lowest BCUT2D eigenvalue weighted by Crippen LogP contribution is -2.58. The molecule has 3 heterocycles. The number of rotatable bonds is 6. The van der Waals surface area contributed by atoms with Gasteiger partial charge in [0.15, 0.2) is 0 Å². The Balaban J connectivity index is 1.15. The van der Waals surface area contributed by atoms with Gasteiger partial charge in [0.2, 0.25) is 0 Å². The van der Waals surface area contributed by atoms with E-state index in [2.05, 4.69) is 4.90 Å². The van der Waals surface area contributed by atoms with Crippen molar-refractivity contribution in [1.29, 1.82) is 0 Å². The van der Waals surface area contributed by atoms with E-state index < -0.39 is 46.6 Å². The molecular weight excluding hydrogens is 672 g/mol. The van der Waals surface area contributed by atoms with E-state index in [1.165, 1.54) is 4.90 Å². The van der Waals surface area contributed by atoms with Gasteiger partial charge < -0.3 is 14.5 Å². The normalized spacial score (nSPS) is 21.9. The van der Waals surface area contributed by atoms with E-state index in [0.717, 1.165) is 11.1 Å². The minimum atomic E-state index is -5.06. The van der Waals surface area contributed by atoms with E-state index in [9.17, 15) is 35.9 Å². The number of hydrogen-bond donors (Lipinski definition) is 0. The van der Waals surface area contributed by atoms with E-state index in [1.54, 1.807) is 11.0 Å². The van der Waals surface area contributed by atoms with Gasteiger partial charge >= 0.3 is 18.4 Å². The van der Waals surface area contributed by atoms with Crippen molar-refractivity contribution in [2.45, 2.75) is 75.1 Å². The van der Waals surface area contributed by atoms with Crippen molar-refractivity contribution < 1.29 is 40.7 Å². The standard InChI is InChI=1S/C36H36ClF6N3O3/c37-31-9-5-4-8-25(31)23-45-17-13-34(49-33(45)48)11-15-44(16-12-34)29-10-14-46(30(22-29)18-24-6-2-1-3-7-24)32(47)26-19-27(35(38,39)40)21-28(20-26)36(41,42)43/h1-9,19-21,29-30H,10-18,22-23H2. The van der Waals surface area contributed by atoms with Gasteiger partial charge in [0.25, 0.3) is 5.91 Å². The Morgan fingerprint density at radius 2 is 1.45 bits per heavy atom. The Bertz CT molecular complexity index is 1630. The highest BCUT2D eigenvalue weighted by Crippen LogP contribution is 2.39. The Hall–Kier alpha value is -3.77. The van der Waals surface area contributed by atoms with Crippen LogP contribution >= 0.6 is 11.6 Å². The van der Waals surface area contributed by atoms with Crippen molar-refractivity contribution in [3.63, 3.8) is 0 Å². The lowest BCUT2D eigenvalue weighted by atomic mass is 9.84. The van der Waals surface area contributed by atoms with Crippen LogP contribution in [0, 0.1) is 0 Å². The fourth-order valence-corrected chi connectivity index (χ4v) is 7.50. The number of likely N-dealkylation sites (tertiary alicyclic amines) is 2. The number of benzene rings is 3. The molecule has 3 aromatic carbocycles. The summed E-state index contributed by atoms with van der Waals surface area (Å²) in [5, 5.41) is 0.586. The number of carbonyl (C=O) groups is 2. The van der Waals surface area contributed by atoms with Crippen LogP contribution < -0.4 is 0 Å². The number of halogens is 7. The van der Waals surface area contributed by atoms with Crippen molar-refractivity contribution in [3.8, 4) is 0 Å². The number of alkyl halides is 6. The molecule has 2 atom stereocenters. The minimum Gasteiger partial charge on any atom is -0.443 e. The van der Waals surface area contributed by atoms with Gasteiger partial charge in [-0.05, 0) is 54.7 Å². The fraction of sp³-hybridized carbons (Fsp3) is 0.444. The number of hydrogen-bond acceptors (Lipinski definition) is 4. The summed E-state index contributed by atoms with van der Waals surface area (Å²) in [5.74, 6) is -0.857. The molecule has 3 aliphatic rings. The summed E-state index contributed by atoms with van der Waals surface area (Å²) in [7, 11) is 0. The van der Waals surface area contributed by atoms with Gasteiger partial charge in [-0.1, -0.05) is 60.1 Å². The zero-order valence-electron chi connectivity index (χ0n) is 26.6. The molecule has 1 spiro atoms. The summed E-state index contributed by atoms with van der Waals surface area (Å²) in [6, 6.07) is 17.3. The summed E-state index contributed by atoms with van der Waals surface area (Å²) in [5.41, 5.74) is -2.50. The van der Waals surface area contributed by atoms with Crippen LogP contribution in [-0.2, 0) is 30.1 Å². The van der Waals surface area contributed by atoms with Crippen molar-refractivity contribution >= 4 is 23.6 Å². The molecule has 2 amide bonds. The Morgan fingerprint density at radius 3 is 2.06 bits per heavy atom. The number of ether oxygens (including phenoxy) is 1. The SMILES string of the molecule is O=C1OC2(CCN1Cc1ccccc1Cl)CCN(C1CCN(C(=O)c3cc(C(F)(F)F)cc(C(F)(F)F)c3)C(Cc3ccccc3)C1)CC2. The van der Waals surface area contributed by atoms with Gasteiger partial charge in [0.1, 0.15) is 5.60 Å². The van der Waals surface area contributed by atoms with Crippen molar-refractivity contribution in [2.24, 2.45) is 0 Å². The topological polar surface area (TPSA) is 53.1 Å². The third kappa shape index (κ3) is 8.01. The first-order valence-electron chi connectivity index (χ1n) is 16.3. The first kappa shape index (κ1) is 35.1. The number of carbonyl (C=O) groups excluding carboxylic acids is 2. The second-order valence-electron chi connectivity index (χ2n) is 13.2. The largest absolute Gasteiger partial charge is 0.443 e. The van der Waals surface area contributed by atoms with E-state index in [0.29, 0.717) is 81.9 Å². The highest BCUT2D eigenvalue weighted by atomic mass is 35.5. The monoisotopic (exact) mass is 707 g/mol. The van der Waals surface area contributed by atoms with Crippen LogP contribution in [-0.4, -0.2) is 70.6 Å². The summed E-state index contributed by atoms with van der Waals surface area (Å²) in [4.78, 5) is 32.2. The van der Waals surface area contributed by atoms with Gasteiger partial charge in [0, 0.05) is 68.1 Å². The quantitative estimate of drug-likeness (QED) is 0.241. The average Bonchev–Trinajstić information content (AvgIpc) is 3.06. The third-order valence-electron chi connectivity index (χ3n) is 10.0. The molecule has 2 unspecified atom stereocenters. The van der Waals surface area contributed by atoms with Gasteiger partial charge in [0.05, 0.1) is 17.7 Å². The Labute approximate surface area is 285 Å². The summed E-state index contributed by atoms with van der Waals surface area (Å²) >= 11 is 6.29. The number of nitrogens with zero attached hydrogens (tertiary/aromatic N) is 3. The van der Waals surface area contributed by atoms with Crippen LogP contribution in [0.1, 0.15) is 64.7 Å². The van der Waals surface area contributed by atoms with Crippen molar-refractivity contribution in [3.05, 3.63) is 106 Å². The first-order chi connectivity index (χ1) is 23.2. The molecule has 3 aliphatic heterocycles. The van der Waals surface area contributed by atoms with Crippen LogP contribution in [0.25, 0.3) is 0 Å². The molecule has 13 heteroatoms. The van der Waals surface area contributed by atoms with E-state index in [1.807, 2.05) is 48.5 Å². The molecule has 6 nitrogen and oxygen atoms in total. The summed E-state index contributed by atoms with van der Waals surface area (Å²) in [6.07, 6.45) is -7.17. The number of amides is 2. The second-order valence-corrected chi connectivity index (χ2v) is 13.6. The molecule has 49 heavy (non-hydrogen) atoms. The van der Waals surface area contributed by atoms with Crippen LogP contribution in [0.2, 0.25) is 5.02 Å². The molecule has 0 aliphatic carbocycles. The molecule has 3 aromatic rings. The van der Waals surface area contributed by atoms with E-state index >= 15 is 0 Å². The van der Waals surface area contributed by atoms with E-state index in [-0.39, 0.29) is 24.7 Å². The number of piperidine rings is 2. The maximum absolute atomic E-state index is 13.8. The van der Waals surface area contributed by atoms with Crippen LogP contribution in [0.3, 0.4) is 0 Å². The predicted octanol–water partition coefficient (Wildman–Crippen LogP) is 8.47. The van der Waals surface area contributed by atoms with Crippen LogP contribution in [0.15, 0.2) is 72.8 Å². The first-order valence-corrected chi connectivity index (χ1v) is 16.7. The molecule has 3 saturated heterocycles. The molecular formula is C36H36ClF6N3O3. The van der Waals surface area contributed by atoms with Gasteiger partial charge in [-0.3, -0.25) is 9.69 Å². The third-order valence-corrected chi connectivity index (χ3v) is 10.4. The molecule has 6 rings (SSSR count). The van der Waals surface area contributed by atoms with E-state index in [4.69, 9.17) is 16.3 Å². The molecule has 0 N–H and O–H groups in total. The lowest BCUT2D eigenvalue weighted by molar-refractivity contribution is -0.143. The maximum atomic E-state index is 13.8. The molecule has 0 aromatic heterocycles.